The molecule has 0 saturated carbocycles. The van der Waals surface area contributed by atoms with Gasteiger partial charge in [-0.2, -0.15) is 0 Å². The normalized spacial score (nSPS) is 17.6. The molecule has 140 valence electrons. The van der Waals surface area contributed by atoms with E-state index in [0.29, 0.717) is 24.5 Å². The van der Waals surface area contributed by atoms with E-state index in [-0.39, 0.29) is 23.6 Å². The fraction of sp³-hybridized carbons (Fsp3) is 0.350. The van der Waals surface area contributed by atoms with Gasteiger partial charge in [0.2, 0.25) is 11.8 Å². The molecular formula is C20H21N3O3S. The first-order chi connectivity index (χ1) is 13.1. The van der Waals surface area contributed by atoms with Gasteiger partial charge in [0.05, 0.1) is 30.2 Å². The van der Waals surface area contributed by atoms with E-state index in [1.807, 2.05) is 25.1 Å². The van der Waals surface area contributed by atoms with Crippen molar-refractivity contribution in [1.82, 2.24) is 15.2 Å². The predicted octanol–water partition coefficient (Wildman–Crippen LogP) is 2.40. The predicted molar refractivity (Wildman–Crippen MR) is 103 cm³/mol. The second kappa shape index (κ2) is 7.23. The number of carbonyl (C=O) groups is 2. The molecule has 0 saturated heterocycles. The molecule has 0 fully saturated rings. The van der Waals surface area contributed by atoms with Crippen molar-refractivity contribution in [2.45, 2.75) is 36.6 Å². The van der Waals surface area contributed by atoms with Crippen LogP contribution >= 0.6 is 11.8 Å². The fourth-order valence-corrected chi connectivity index (χ4v) is 4.71. The maximum atomic E-state index is 12.6. The van der Waals surface area contributed by atoms with E-state index in [1.165, 1.54) is 10.5 Å². The Morgan fingerprint density at radius 2 is 2.22 bits per heavy atom. The van der Waals surface area contributed by atoms with Crippen LogP contribution in [0.3, 0.4) is 0 Å². The summed E-state index contributed by atoms with van der Waals surface area (Å²) in [6.45, 7) is 3.38. The van der Waals surface area contributed by atoms with Crippen molar-refractivity contribution in [3.63, 3.8) is 0 Å². The van der Waals surface area contributed by atoms with Crippen molar-refractivity contribution in [1.29, 1.82) is 0 Å². The first-order valence-corrected chi connectivity index (χ1v) is 9.87. The quantitative estimate of drug-likeness (QED) is 0.858. The minimum atomic E-state index is -0.131. The number of benzene rings is 1. The van der Waals surface area contributed by atoms with Crippen molar-refractivity contribution in [2.75, 3.05) is 13.7 Å². The molecular weight excluding hydrogens is 362 g/mol. The second-order valence-electron chi connectivity index (χ2n) is 6.61. The molecule has 1 aromatic carbocycles. The number of hydrogen-bond acceptors (Lipinski definition) is 5. The lowest BCUT2D eigenvalue weighted by Gasteiger charge is -2.13. The summed E-state index contributed by atoms with van der Waals surface area (Å²) >= 11 is 1.59. The van der Waals surface area contributed by atoms with Gasteiger partial charge >= 0.3 is 0 Å². The number of pyridine rings is 1. The smallest absolute Gasteiger partial charge is 0.256 e. The van der Waals surface area contributed by atoms with E-state index in [2.05, 4.69) is 16.4 Å². The first-order valence-electron chi connectivity index (χ1n) is 8.99. The molecule has 2 aromatic rings. The molecule has 4 rings (SSSR count). The van der Waals surface area contributed by atoms with Gasteiger partial charge in [0.1, 0.15) is 0 Å². The Balaban J connectivity index is 1.47. The molecule has 6 nitrogen and oxygen atoms in total. The van der Waals surface area contributed by atoms with Crippen molar-refractivity contribution in [3.8, 4) is 5.88 Å². The lowest BCUT2D eigenvalue weighted by atomic mass is 10.1. The van der Waals surface area contributed by atoms with Gasteiger partial charge in [-0.1, -0.05) is 18.2 Å². The Kier molecular flexibility index (Phi) is 4.78. The SMILES string of the molecule is CCN1Cc2nc(OC)c(CNC(=O)[C@@H]3Cc4ccccc4S3)cc2C1=O. The standard InChI is InChI=1S/C20H21N3O3S/c1-3-23-11-15-14(20(23)25)8-13(19(22-15)26-2)10-21-18(24)17-9-12-6-4-5-7-16(12)27-17/h4-8,17H,3,9-11H2,1-2H3,(H,21,24)/t17-/m0/s1. The van der Waals surface area contributed by atoms with Crippen LogP contribution in [0, 0.1) is 0 Å². The van der Waals surface area contributed by atoms with Crippen LogP contribution in [-0.2, 0) is 24.3 Å². The van der Waals surface area contributed by atoms with Gasteiger partial charge in [-0.3, -0.25) is 9.59 Å². The first kappa shape index (κ1) is 17.9. The Labute approximate surface area is 162 Å². The second-order valence-corrected chi connectivity index (χ2v) is 7.85. The molecule has 0 radical (unpaired) electrons. The maximum Gasteiger partial charge on any atom is 0.256 e. The highest BCUT2D eigenvalue weighted by Gasteiger charge is 2.30. The van der Waals surface area contributed by atoms with E-state index in [1.54, 1.807) is 29.8 Å². The largest absolute Gasteiger partial charge is 0.481 e. The summed E-state index contributed by atoms with van der Waals surface area (Å²) in [4.78, 5) is 32.4. The van der Waals surface area contributed by atoms with E-state index in [9.17, 15) is 9.59 Å². The topological polar surface area (TPSA) is 71.5 Å². The number of fused-ring (bicyclic) bond motifs is 2. The highest BCUT2D eigenvalue weighted by molar-refractivity contribution is 8.01. The zero-order valence-electron chi connectivity index (χ0n) is 15.3. The molecule has 2 aliphatic rings. The molecule has 1 atom stereocenters. The Hall–Kier alpha value is -2.54. The average Bonchev–Trinajstić information content (AvgIpc) is 3.26. The summed E-state index contributed by atoms with van der Waals surface area (Å²) in [5.41, 5.74) is 3.27. The van der Waals surface area contributed by atoms with Crippen LogP contribution in [0.4, 0.5) is 0 Å². The number of rotatable bonds is 5. The minimum Gasteiger partial charge on any atom is -0.481 e. The number of nitrogens with one attached hydrogen (secondary N) is 1. The third-order valence-electron chi connectivity index (χ3n) is 4.97. The summed E-state index contributed by atoms with van der Waals surface area (Å²) in [5.74, 6) is 0.430. The molecule has 0 bridgehead atoms. The number of hydrogen-bond donors (Lipinski definition) is 1. The van der Waals surface area contributed by atoms with Crippen LogP contribution in [0.1, 0.15) is 34.1 Å². The number of nitrogens with zero attached hydrogens (tertiary/aromatic N) is 2. The molecule has 2 aliphatic heterocycles. The minimum absolute atomic E-state index is 0.0136. The van der Waals surface area contributed by atoms with Crippen LogP contribution in [0.2, 0.25) is 0 Å². The van der Waals surface area contributed by atoms with Crippen molar-refractivity contribution in [3.05, 3.63) is 52.7 Å². The number of amides is 2. The summed E-state index contributed by atoms with van der Waals surface area (Å²) in [6, 6.07) is 9.90. The maximum absolute atomic E-state index is 12.6. The summed E-state index contributed by atoms with van der Waals surface area (Å²) < 4.78 is 5.39. The summed E-state index contributed by atoms with van der Waals surface area (Å²) in [7, 11) is 1.55. The van der Waals surface area contributed by atoms with Gasteiger partial charge in [-0.25, -0.2) is 4.98 Å². The zero-order chi connectivity index (χ0) is 19.0. The van der Waals surface area contributed by atoms with Gasteiger partial charge in [-0.15, -0.1) is 11.8 Å². The molecule has 27 heavy (non-hydrogen) atoms. The molecule has 0 unspecified atom stereocenters. The molecule has 2 amide bonds. The Morgan fingerprint density at radius 3 is 2.96 bits per heavy atom. The number of ether oxygens (including phenoxy) is 1. The molecule has 0 spiro atoms. The Morgan fingerprint density at radius 1 is 1.41 bits per heavy atom. The highest BCUT2D eigenvalue weighted by atomic mass is 32.2. The third-order valence-corrected chi connectivity index (χ3v) is 6.28. The lowest BCUT2D eigenvalue weighted by Crippen LogP contribution is -2.32. The van der Waals surface area contributed by atoms with Crippen LogP contribution in [0.15, 0.2) is 35.2 Å². The van der Waals surface area contributed by atoms with Crippen LogP contribution in [-0.4, -0.2) is 40.6 Å². The molecule has 0 aliphatic carbocycles. The van der Waals surface area contributed by atoms with Crippen molar-refractivity contribution >= 4 is 23.6 Å². The monoisotopic (exact) mass is 383 g/mol. The van der Waals surface area contributed by atoms with Crippen molar-refractivity contribution in [2.24, 2.45) is 0 Å². The molecule has 1 aromatic heterocycles. The Bertz CT molecular complexity index is 890. The fourth-order valence-electron chi connectivity index (χ4n) is 3.49. The van der Waals surface area contributed by atoms with Crippen molar-refractivity contribution < 1.29 is 14.3 Å². The summed E-state index contributed by atoms with van der Waals surface area (Å²) in [6.07, 6.45) is 0.732. The highest BCUT2D eigenvalue weighted by Crippen LogP contribution is 2.36. The molecule has 7 heteroatoms. The van der Waals surface area contributed by atoms with E-state index in [0.717, 1.165) is 17.7 Å². The van der Waals surface area contributed by atoms with E-state index in [4.69, 9.17) is 4.74 Å². The van der Waals surface area contributed by atoms with Gasteiger partial charge in [-0.05, 0) is 31.0 Å². The van der Waals surface area contributed by atoms with Gasteiger partial charge in [0, 0.05) is 23.5 Å². The molecule has 3 heterocycles. The number of thioether (sulfide) groups is 1. The number of methoxy groups -OCH3 is 1. The van der Waals surface area contributed by atoms with Crippen LogP contribution in [0.25, 0.3) is 0 Å². The van der Waals surface area contributed by atoms with Gasteiger partial charge in [0.15, 0.2) is 0 Å². The number of aromatic nitrogens is 1. The van der Waals surface area contributed by atoms with Gasteiger partial charge < -0.3 is 15.0 Å². The van der Waals surface area contributed by atoms with E-state index >= 15 is 0 Å². The van der Waals surface area contributed by atoms with E-state index < -0.39 is 0 Å². The molecule has 1 N–H and O–H groups in total. The third kappa shape index (κ3) is 3.27. The zero-order valence-corrected chi connectivity index (χ0v) is 16.1. The van der Waals surface area contributed by atoms with Crippen LogP contribution < -0.4 is 10.1 Å². The van der Waals surface area contributed by atoms with Crippen LogP contribution in [0.5, 0.6) is 5.88 Å². The number of carbonyl (C=O) groups excluding carboxylic acids is 2. The average molecular weight is 383 g/mol. The summed E-state index contributed by atoms with van der Waals surface area (Å²) in [5, 5.41) is 2.85. The lowest BCUT2D eigenvalue weighted by molar-refractivity contribution is -0.120. The van der Waals surface area contributed by atoms with Gasteiger partial charge in [0.25, 0.3) is 5.91 Å².